The molecule has 1 aromatic rings. The molecule has 0 spiro atoms. The number of benzene rings is 1. The van der Waals surface area contributed by atoms with Crippen molar-refractivity contribution in [3.05, 3.63) is 35.4 Å². The molecule has 0 aliphatic carbocycles. The van der Waals surface area contributed by atoms with Crippen LogP contribution in [0.1, 0.15) is 28.8 Å². The number of nitrogens with one attached hydrogen (secondary N) is 1. The summed E-state index contributed by atoms with van der Waals surface area (Å²) in [6.07, 6.45) is 0.311. The van der Waals surface area contributed by atoms with E-state index in [4.69, 9.17) is 12.2 Å². The number of hydrogen-bond donors (Lipinski definition) is 1. The Morgan fingerprint density at radius 3 is 2.57 bits per heavy atom. The fourth-order valence-corrected chi connectivity index (χ4v) is 3.23. The van der Waals surface area contributed by atoms with E-state index in [1.165, 1.54) is 16.7 Å². The van der Waals surface area contributed by atoms with Crippen molar-refractivity contribution in [2.45, 2.75) is 19.8 Å². The summed E-state index contributed by atoms with van der Waals surface area (Å²) in [5.41, 5.74) is 1.71. The van der Waals surface area contributed by atoms with Gasteiger partial charge in [-0.3, -0.25) is 19.3 Å². The molecule has 1 aliphatic heterocycles. The maximum absolute atomic E-state index is 12.0. The molecule has 7 heteroatoms. The van der Waals surface area contributed by atoms with Gasteiger partial charge in [0, 0.05) is 31.5 Å². The molecule has 1 saturated heterocycles. The van der Waals surface area contributed by atoms with E-state index in [1.54, 1.807) is 12.1 Å². The first-order chi connectivity index (χ1) is 11.0. The van der Waals surface area contributed by atoms with Gasteiger partial charge in [0.05, 0.1) is 5.75 Å². The van der Waals surface area contributed by atoms with E-state index in [0.29, 0.717) is 28.7 Å². The van der Waals surface area contributed by atoms with Crippen molar-refractivity contribution in [1.82, 2.24) is 10.2 Å². The number of thiocarbonyl (C=S) groups is 1. The molecule has 0 aromatic heterocycles. The third-order valence-corrected chi connectivity index (χ3v) is 4.88. The molecule has 0 saturated carbocycles. The van der Waals surface area contributed by atoms with Crippen LogP contribution in [0.3, 0.4) is 0 Å². The normalized spacial score (nSPS) is 14.2. The number of amides is 2. The molecule has 122 valence electrons. The van der Waals surface area contributed by atoms with E-state index in [-0.39, 0.29) is 30.4 Å². The maximum Gasteiger partial charge on any atom is 0.238 e. The predicted molar refractivity (Wildman–Crippen MR) is 94.5 cm³/mol. The van der Waals surface area contributed by atoms with Crippen LogP contribution in [0.2, 0.25) is 0 Å². The zero-order valence-corrected chi connectivity index (χ0v) is 14.5. The number of carbonyl (C=O) groups excluding carboxylic acids is 3. The van der Waals surface area contributed by atoms with E-state index in [1.807, 2.05) is 19.1 Å². The van der Waals surface area contributed by atoms with E-state index in [9.17, 15) is 14.4 Å². The minimum Gasteiger partial charge on any atom is -0.354 e. The first-order valence-corrected chi connectivity index (χ1v) is 8.70. The first-order valence-electron chi connectivity index (χ1n) is 7.31. The lowest BCUT2D eigenvalue weighted by molar-refractivity contribution is -0.125. The summed E-state index contributed by atoms with van der Waals surface area (Å²) < 4.78 is 0.554. The van der Waals surface area contributed by atoms with Gasteiger partial charge < -0.3 is 5.32 Å². The highest BCUT2D eigenvalue weighted by Gasteiger charge is 2.25. The summed E-state index contributed by atoms with van der Waals surface area (Å²) in [4.78, 5) is 36.8. The molecule has 1 heterocycles. The van der Waals surface area contributed by atoms with Crippen LogP contribution in [0.5, 0.6) is 0 Å². The molecule has 0 atom stereocenters. The van der Waals surface area contributed by atoms with E-state index in [0.717, 1.165) is 5.56 Å². The van der Waals surface area contributed by atoms with Crippen LogP contribution in [0.15, 0.2) is 24.3 Å². The molecule has 23 heavy (non-hydrogen) atoms. The third-order valence-electron chi connectivity index (χ3n) is 3.45. The number of aryl methyl sites for hydroxylation is 1. The van der Waals surface area contributed by atoms with Gasteiger partial charge in [-0.1, -0.05) is 53.8 Å². The first kappa shape index (κ1) is 17.6. The Labute approximate surface area is 144 Å². The standard InChI is InChI=1S/C16H18N2O3S2/c1-11-2-4-12(5-3-11)13(19)6-7-14(20)17-8-9-18-15(21)10-23-16(18)22/h2-5H,6-10H2,1H3,(H,17,20). The van der Waals surface area contributed by atoms with Crippen LogP contribution in [-0.2, 0) is 9.59 Å². The summed E-state index contributed by atoms with van der Waals surface area (Å²) >= 11 is 6.39. The van der Waals surface area contributed by atoms with Crippen LogP contribution in [-0.4, -0.2) is 45.7 Å². The Morgan fingerprint density at radius 2 is 1.96 bits per heavy atom. The summed E-state index contributed by atoms with van der Waals surface area (Å²) in [6.45, 7) is 2.67. The number of thioether (sulfide) groups is 1. The van der Waals surface area contributed by atoms with Gasteiger partial charge in [0.25, 0.3) is 0 Å². The van der Waals surface area contributed by atoms with Gasteiger partial charge in [0.1, 0.15) is 4.32 Å². The second kappa shape index (κ2) is 8.21. The van der Waals surface area contributed by atoms with E-state index < -0.39 is 0 Å². The largest absolute Gasteiger partial charge is 0.354 e. The van der Waals surface area contributed by atoms with Crippen molar-refractivity contribution in [3.8, 4) is 0 Å². The van der Waals surface area contributed by atoms with Gasteiger partial charge in [-0.15, -0.1) is 0 Å². The molecule has 2 rings (SSSR count). The number of carbonyl (C=O) groups is 3. The van der Waals surface area contributed by atoms with Crippen LogP contribution in [0.4, 0.5) is 0 Å². The molecule has 0 unspecified atom stereocenters. The van der Waals surface area contributed by atoms with Crippen molar-refractivity contribution in [1.29, 1.82) is 0 Å². The average molecular weight is 350 g/mol. The van der Waals surface area contributed by atoms with Gasteiger partial charge in [0.2, 0.25) is 11.8 Å². The second-order valence-electron chi connectivity index (χ2n) is 5.24. The SMILES string of the molecule is Cc1ccc(C(=O)CCC(=O)NCCN2C(=O)CSC2=S)cc1. The number of hydrogen-bond acceptors (Lipinski definition) is 5. The van der Waals surface area contributed by atoms with Crippen molar-refractivity contribution in [3.63, 3.8) is 0 Å². The Balaban J connectivity index is 1.69. The van der Waals surface area contributed by atoms with Gasteiger partial charge in [0.15, 0.2) is 5.78 Å². The number of rotatable bonds is 7. The highest BCUT2D eigenvalue weighted by Crippen LogP contribution is 2.18. The minimum atomic E-state index is -0.198. The minimum absolute atomic E-state index is 0.0243. The summed E-state index contributed by atoms with van der Waals surface area (Å²) in [5.74, 6) is 0.101. The lowest BCUT2D eigenvalue weighted by atomic mass is 10.1. The van der Waals surface area contributed by atoms with Crippen LogP contribution in [0.25, 0.3) is 0 Å². The Hall–Kier alpha value is -1.73. The molecule has 1 N–H and O–H groups in total. The molecular weight excluding hydrogens is 332 g/mol. The molecule has 0 bridgehead atoms. The quantitative estimate of drug-likeness (QED) is 0.601. The summed E-state index contributed by atoms with van der Waals surface area (Å²) in [5, 5.41) is 2.71. The van der Waals surface area contributed by atoms with Crippen molar-refractivity contribution in [2.24, 2.45) is 0 Å². The number of nitrogens with zero attached hydrogens (tertiary/aromatic N) is 1. The van der Waals surface area contributed by atoms with Crippen molar-refractivity contribution < 1.29 is 14.4 Å². The fraction of sp³-hybridized carbons (Fsp3) is 0.375. The van der Waals surface area contributed by atoms with Gasteiger partial charge in [-0.25, -0.2) is 0 Å². The number of Topliss-reactive ketones (excluding diaryl/α,β-unsaturated/α-hetero) is 1. The topological polar surface area (TPSA) is 66.5 Å². The highest BCUT2D eigenvalue weighted by atomic mass is 32.2. The zero-order chi connectivity index (χ0) is 16.8. The molecule has 1 fully saturated rings. The molecular formula is C16H18N2O3S2. The Morgan fingerprint density at radius 1 is 1.26 bits per heavy atom. The second-order valence-corrected chi connectivity index (χ2v) is 6.85. The third kappa shape index (κ3) is 5.14. The van der Waals surface area contributed by atoms with Gasteiger partial charge >= 0.3 is 0 Å². The lowest BCUT2D eigenvalue weighted by Gasteiger charge is -2.15. The van der Waals surface area contributed by atoms with E-state index in [2.05, 4.69) is 5.32 Å². The lowest BCUT2D eigenvalue weighted by Crippen LogP contribution is -2.37. The number of ketones is 1. The van der Waals surface area contributed by atoms with Gasteiger partial charge in [-0.05, 0) is 6.92 Å². The Kier molecular flexibility index (Phi) is 6.29. The van der Waals surface area contributed by atoms with Gasteiger partial charge in [-0.2, -0.15) is 0 Å². The zero-order valence-electron chi connectivity index (χ0n) is 12.8. The summed E-state index contributed by atoms with van der Waals surface area (Å²) in [6, 6.07) is 7.29. The predicted octanol–water partition coefficient (Wildman–Crippen LogP) is 1.93. The van der Waals surface area contributed by atoms with Crippen LogP contribution < -0.4 is 5.32 Å². The van der Waals surface area contributed by atoms with Crippen LogP contribution >= 0.6 is 24.0 Å². The smallest absolute Gasteiger partial charge is 0.238 e. The highest BCUT2D eigenvalue weighted by molar-refractivity contribution is 8.23. The maximum atomic E-state index is 12.0. The molecule has 2 amide bonds. The molecule has 5 nitrogen and oxygen atoms in total. The molecule has 1 aliphatic rings. The molecule has 1 aromatic carbocycles. The van der Waals surface area contributed by atoms with Crippen LogP contribution in [0, 0.1) is 6.92 Å². The van der Waals surface area contributed by atoms with Crippen molar-refractivity contribution in [2.75, 3.05) is 18.8 Å². The van der Waals surface area contributed by atoms with Crippen molar-refractivity contribution >= 4 is 45.9 Å². The monoisotopic (exact) mass is 350 g/mol. The Bertz CT molecular complexity index is 613. The summed E-state index contributed by atoms with van der Waals surface area (Å²) in [7, 11) is 0. The fourth-order valence-electron chi connectivity index (χ4n) is 2.10. The van der Waals surface area contributed by atoms with E-state index >= 15 is 0 Å². The molecule has 0 radical (unpaired) electrons. The average Bonchev–Trinajstić information content (AvgIpc) is 2.85.